The second-order valence-corrected chi connectivity index (χ2v) is 4.73. The van der Waals surface area contributed by atoms with Crippen molar-refractivity contribution in [1.29, 1.82) is 0 Å². The summed E-state index contributed by atoms with van der Waals surface area (Å²) in [5, 5.41) is 7.03. The van der Waals surface area contributed by atoms with Crippen LogP contribution in [0.3, 0.4) is 0 Å². The van der Waals surface area contributed by atoms with Gasteiger partial charge in [-0.2, -0.15) is 18.3 Å². The van der Waals surface area contributed by atoms with Gasteiger partial charge in [0.15, 0.2) is 5.82 Å². The minimum atomic E-state index is -4.34. The molecule has 0 fully saturated rings. The number of nitrogens with zero attached hydrogens (tertiary/aromatic N) is 3. The molecule has 0 spiro atoms. The second-order valence-electron chi connectivity index (χ2n) is 3.88. The van der Waals surface area contributed by atoms with E-state index in [9.17, 15) is 13.2 Å². The van der Waals surface area contributed by atoms with Gasteiger partial charge in [0, 0.05) is 17.2 Å². The van der Waals surface area contributed by atoms with E-state index in [1.54, 1.807) is 18.1 Å². The fourth-order valence-electron chi connectivity index (χ4n) is 1.47. The lowest BCUT2D eigenvalue weighted by atomic mass is 10.2. The molecule has 1 aromatic heterocycles. The lowest BCUT2D eigenvalue weighted by Gasteiger charge is -2.11. The molecule has 19 heavy (non-hydrogen) atoms. The molecule has 1 aromatic carbocycles. The molecule has 2 rings (SSSR count). The molecule has 0 aliphatic rings. The molecule has 4 nitrogen and oxygen atoms in total. The Balaban J connectivity index is 2.09. The molecule has 8 heteroatoms. The summed E-state index contributed by atoms with van der Waals surface area (Å²) in [6.45, 7) is 0.338. The fourth-order valence-corrected chi connectivity index (χ4v) is 1.99. The van der Waals surface area contributed by atoms with Gasteiger partial charge in [-0.3, -0.25) is 4.68 Å². The van der Waals surface area contributed by atoms with Gasteiger partial charge in [-0.15, -0.1) is 0 Å². The second kappa shape index (κ2) is 5.20. The number of nitrogens with one attached hydrogen (secondary N) is 1. The smallest absolute Gasteiger partial charge is 0.377 e. The van der Waals surface area contributed by atoms with E-state index in [-0.39, 0.29) is 0 Å². The summed E-state index contributed by atoms with van der Waals surface area (Å²) < 4.78 is 39.4. The fraction of sp³-hybridized carbons (Fsp3) is 0.273. The molecule has 0 radical (unpaired) electrons. The molecule has 0 unspecified atom stereocenters. The van der Waals surface area contributed by atoms with E-state index in [1.165, 1.54) is 6.07 Å². The summed E-state index contributed by atoms with van der Waals surface area (Å²) in [7, 11) is 1.74. The molecule has 0 saturated heterocycles. The maximum absolute atomic E-state index is 12.5. The van der Waals surface area contributed by atoms with Crippen molar-refractivity contribution in [3.05, 3.63) is 40.4 Å². The van der Waals surface area contributed by atoms with E-state index in [1.807, 2.05) is 0 Å². The van der Waals surface area contributed by atoms with Gasteiger partial charge >= 0.3 is 6.18 Å². The minimum Gasteiger partial charge on any atom is -0.377 e. The number of aryl methyl sites for hydroxylation is 1. The van der Waals surface area contributed by atoms with E-state index in [0.29, 0.717) is 22.5 Å². The molecule has 0 amide bonds. The Kier molecular flexibility index (Phi) is 3.79. The van der Waals surface area contributed by atoms with Crippen LogP contribution in [-0.4, -0.2) is 14.8 Å². The van der Waals surface area contributed by atoms with Crippen molar-refractivity contribution in [1.82, 2.24) is 14.8 Å². The summed E-state index contributed by atoms with van der Waals surface area (Å²) in [6.07, 6.45) is -2.79. The molecule has 1 N–H and O–H groups in total. The average Bonchev–Trinajstić information content (AvgIpc) is 2.72. The monoisotopic (exact) mass is 334 g/mol. The van der Waals surface area contributed by atoms with Gasteiger partial charge in [-0.1, -0.05) is 0 Å². The van der Waals surface area contributed by atoms with Gasteiger partial charge < -0.3 is 5.32 Å². The van der Waals surface area contributed by atoms with Crippen molar-refractivity contribution in [3.63, 3.8) is 0 Å². The Morgan fingerprint density at radius 2 is 2.11 bits per heavy atom. The van der Waals surface area contributed by atoms with Crippen molar-refractivity contribution in [2.75, 3.05) is 5.32 Å². The van der Waals surface area contributed by atoms with Crippen LogP contribution in [0.4, 0.5) is 18.9 Å². The normalized spacial score (nSPS) is 11.6. The lowest BCUT2D eigenvalue weighted by molar-refractivity contribution is -0.137. The first-order chi connectivity index (χ1) is 8.86. The van der Waals surface area contributed by atoms with Crippen LogP contribution < -0.4 is 5.32 Å². The first kappa shape index (κ1) is 13.9. The summed E-state index contributed by atoms with van der Waals surface area (Å²) in [6, 6.07) is 3.43. The highest BCUT2D eigenvalue weighted by atomic mass is 79.9. The average molecular weight is 335 g/mol. The van der Waals surface area contributed by atoms with Crippen molar-refractivity contribution in [2.24, 2.45) is 7.05 Å². The lowest BCUT2D eigenvalue weighted by Crippen LogP contribution is -2.07. The van der Waals surface area contributed by atoms with Gasteiger partial charge in [0.2, 0.25) is 0 Å². The van der Waals surface area contributed by atoms with Crippen LogP contribution in [-0.2, 0) is 19.8 Å². The third-order valence-electron chi connectivity index (χ3n) is 2.38. The largest absolute Gasteiger partial charge is 0.416 e. The topological polar surface area (TPSA) is 42.7 Å². The van der Waals surface area contributed by atoms with Gasteiger partial charge in [0.25, 0.3) is 0 Å². The molecule has 102 valence electrons. The predicted molar refractivity (Wildman–Crippen MR) is 67.5 cm³/mol. The molecule has 0 atom stereocenters. The zero-order valence-corrected chi connectivity index (χ0v) is 11.5. The van der Waals surface area contributed by atoms with E-state index in [4.69, 9.17) is 0 Å². The third kappa shape index (κ3) is 3.46. The van der Waals surface area contributed by atoms with Crippen LogP contribution in [0.2, 0.25) is 0 Å². The van der Waals surface area contributed by atoms with Gasteiger partial charge in [0.05, 0.1) is 12.1 Å². The van der Waals surface area contributed by atoms with Crippen molar-refractivity contribution in [2.45, 2.75) is 12.7 Å². The molecule has 0 aliphatic heterocycles. The number of halogens is 4. The number of anilines is 1. The molecular weight excluding hydrogens is 325 g/mol. The highest BCUT2D eigenvalue weighted by molar-refractivity contribution is 9.10. The number of hydrogen-bond donors (Lipinski definition) is 1. The number of benzene rings is 1. The van der Waals surface area contributed by atoms with Crippen LogP contribution in [0.1, 0.15) is 11.4 Å². The van der Waals surface area contributed by atoms with E-state index in [2.05, 4.69) is 31.3 Å². The van der Waals surface area contributed by atoms with Gasteiger partial charge in [-0.05, 0) is 34.1 Å². The highest BCUT2D eigenvalue weighted by Crippen LogP contribution is 2.33. The molecular formula is C11H10BrF3N4. The molecule has 0 saturated carbocycles. The highest BCUT2D eigenvalue weighted by Gasteiger charge is 2.30. The summed E-state index contributed by atoms with van der Waals surface area (Å²) >= 11 is 3.11. The maximum Gasteiger partial charge on any atom is 0.416 e. The Hall–Kier alpha value is -1.57. The van der Waals surface area contributed by atoms with E-state index < -0.39 is 11.7 Å². The van der Waals surface area contributed by atoms with Crippen LogP contribution in [0, 0.1) is 0 Å². The summed E-state index contributed by atoms with van der Waals surface area (Å²) in [5.74, 6) is 0.564. The van der Waals surface area contributed by atoms with Crippen LogP contribution >= 0.6 is 15.9 Å². The minimum absolute atomic E-state index is 0.338. The van der Waals surface area contributed by atoms with E-state index in [0.717, 1.165) is 12.1 Å². The summed E-state index contributed by atoms with van der Waals surface area (Å²) in [5.41, 5.74) is -0.138. The number of aromatic nitrogens is 3. The predicted octanol–water partition coefficient (Wildman–Crippen LogP) is 3.21. The Morgan fingerprint density at radius 3 is 2.63 bits per heavy atom. The summed E-state index contributed by atoms with van der Waals surface area (Å²) in [4.78, 5) is 4.01. The number of alkyl halides is 3. The van der Waals surface area contributed by atoms with Crippen LogP contribution in [0.15, 0.2) is 29.0 Å². The van der Waals surface area contributed by atoms with Crippen LogP contribution in [0.5, 0.6) is 0 Å². The van der Waals surface area contributed by atoms with E-state index >= 15 is 0 Å². The van der Waals surface area contributed by atoms with Gasteiger partial charge in [-0.25, -0.2) is 4.98 Å². The zero-order chi connectivity index (χ0) is 14.0. The maximum atomic E-state index is 12.5. The molecule has 0 bridgehead atoms. The number of rotatable bonds is 3. The molecule has 2 aromatic rings. The SMILES string of the molecule is Cn1cnc(CNc2ccc(C(F)(F)F)cc2Br)n1. The van der Waals surface area contributed by atoms with Gasteiger partial charge in [0.1, 0.15) is 6.33 Å². The number of hydrogen-bond acceptors (Lipinski definition) is 3. The Morgan fingerprint density at radius 1 is 1.37 bits per heavy atom. The van der Waals surface area contributed by atoms with Crippen LogP contribution in [0.25, 0.3) is 0 Å². The first-order valence-corrected chi connectivity index (χ1v) is 6.10. The third-order valence-corrected chi connectivity index (χ3v) is 3.04. The van der Waals surface area contributed by atoms with Crippen molar-refractivity contribution >= 4 is 21.6 Å². The zero-order valence-electron chi connectivity index (χ0n) is 9.87. The Bertz CT molecular complexity index is 580. The standard InChI is InChI=1S/C11H10BrF3N4/c1-19-6-17-10(18-19)5-16-9-3-2-7(4-8(9)12)11(13,14)15/h2-4,6,16H,5H2,1H3. The first-order valence-electron chi connectivity index (χ1n) is 5.31. The van der Waals surface area contributed by atoms with Crippen molar-refractivity contribution < 1.29 is 13.2 Å². The quantitative estimate of drug-likeness (QED) is 0.937. The molecule has 0 aliphatic carbocycles. The van der Waals surface area contributed by atoms with Crippen molar-refractivity contribution in [3.8, 4) is 0 Å². The Labute approximate surface area is 115 Å². The molecule has 1 heterocycles.